The zero-order valence-corrected chi connectivity index (χ0v) is 17.8. The van der Waals surface area contributed by atoms with Crippen LogP contribution in [0.5, 0.6) is 11.5 Å². The van der Waals surface area contributed by atoms with Crippen LogP contribution in [-0.2, 0) is 9.59 Å². The minimum Gasteiger partial charge on any atom is -0.492 e. The van der Waals surface area contributed by atoms with Crippen LogP contribution in [0.3, 0.4) is 0 Å². The Kier molecular flexibility index (Phi) is 6.51. The number of hydrogen-bond acceptors (Lipinski definition) is 4. The molecule has 0 radical (unpaired) electrons. The second-order valence-electron chi connectivity index (χ2n) is 7.41. The maximum absolute atomic E-state index is 12.5. The van der Waals surface area contributed by atoms with Crippen LogP contribution in [0.2, 0.25) is 0 Å². The summed E-state index contributed by atoms with van der Waals surface area (Å²) in [6.07, 6.45) is 3.22. The predicted molar refractivity (Wildman–Crippen MR) is 125 cm³/mol. The third-order valence-electron chi connectivity index (χ3n) is 4.97. The van der Waals surface area contributed by atoms with Gasteiger partial charge in [0.15, 0.2) is 6.61 Å². The van der Waals surface area contributed by atoms with E-state index in [1.807, 2.05) is 61.5 Å². The summed E-state index contributed by atoms with van der Waals surface area (Å²) >= 11 is 0. The van der Waals surface area contributed by atoms with Gasteiger partial charge in [0, 0.05) is 11.8 Å². The quantitative estimate of drug-likeness (QED) is 0.565. The molecule has 6 nitrogen and oxygen atoms in total. The van der Waals surface area contributed by atoms with E-state index in [1.165, 1.54) is 6.08 Å². The molecule has 0 saturated heterocycles. The summed E-state index contributed by atoms with van der Waals surface area (Å²) in [5, 5.41) is 2.84. The lowest BCUT2D eigenvalue weighted by Crippen LogP contribution is -2.41. The fraction of sp³-hybridized carbons (Fsp3) is 0.154. The summed E-state index contributed by atoms with van der Waals surface area (Å²) in [5.41, 5.74) is 3.23. The average molecular weight is 428 g/mol. The van der Waals surface area contributed by atoms with Gasteiger partial charge in [-0.25, -0.2) is 0 Å². The first-order chi connectivity index (χ1) is 15.6. The lowest BCUT2D eigenvalue weighted by Gasteiger charge is -2.29. The van der Waals surface area contributed by atoms with Crippen LogP contribution in [0.4, 0.5) is 11.4 Å². The van der Waals surface area contributed by atoms with E-state index in [-0.39, 0.29) is 18.4 Å². The van der Waals surface area contributed by atoms with Gasteiger partial charge in [-0.3, -0.25) is 9.59 Å². The molecule has 0 fully saturated rings. The fourth-order valence-electron chi connectivity index (χ4n) is 3.40. The Morgan fingerprint density at radius 2 is 1.94 bits per heavy atom. The first-order valence-electron chi connectivity index (χ1n) is 10.4. The van der Waals surface area contributed by atoms with E-state index in [1.54, 1.807) is 29.2 Å². The van der Waals surface area contributed by atoms with Crippen LogP contribution >= 0.6 is 0 Å². The van der Waals surface area contributed by atoms with Gasteiger partial charge >= 0.3 is 0 Å². The van der Waals surface area contributed by atoms with Crippen LogP contribution in [0, 0.1) is 6.92 Å². The summed E-state index contributed by atoms with van der Waals surface area (Å²) in [5.74, 6) is 0.944. The third-order valence-corrected chi connectivity index (χ3v) is 4.97. The summed E-state index contributed by atoms with van der Waals surface area (Å²) in [7, 11) is 0. The number of nitrogens with one attached hydrogen (secondary N) is 1. The molecular weight excluding hydrogens is 404 g/mol. The summed E-state index contributed by atoms with van der Waals surface area (Å²) in [6.45, 7) is 2.68. The smallest absolute Gasteiger partial charge is 0.265 e. The molecule has 3 aromatic rings. The van der Waals surface area contributed by atoms with Crippen LogP contribution < -0.4 is 19.7 Å². The zero-order chi connectivity index (χ0) is 22.3. The van der Waals surface area contributed by atoms with Crippen molar-refractivity contribution in [3.05, 3.63) is 90.0 Å². The highest BCUT2D eigenvalue weighted by Gasteiger charge is 2.26. The monoisotopic (exact) mass is 428 g/mol. The molecule has 1 heterocycles. The molecule has 0 bridgehead atoms. The number of hydrogen-bond donors (Lipinski definition) is 1. The van der Waals surface area contributed by atoms with Crippen molar-refractivity contribution < 1.29 is 19.1 Å². The minimum atomic E-state index is -0.258. The van der Waals surface area contributed by atoms with E-state index in [2.05, 4.69) is 5.32 Å². The van der Waals surface area contributed by atoms with Gasteiger partial charge in [-0.1, -0.05) is 42.5 Å². The van der Waals surface area contributed by atoms with Gasteiger partial charge in [-0.2, -0.15) is 0 Å². The van der Waals surface area contributed by atoms with Gasteiger partial charge in [0.2, 0.25) is 5.91 Å². The van der Waals surface area contributed by atoms with Gasteiger partial charge in [0.05, 0.1) is 12.2 Å². The van der Waals surface area contributed by atoms with Crippen molar-refractivity contribution in [3.63, 3.8) is 0 Å². The van der Waals surface area contributed by atoms with E-state index in [0.717, 1.165) is 16.9 Å². The Morgan fingerprint density at radius 1 is 1.09 bits per heavy atom. The Hall–Kier alpha value is -4.06. The van der Waals surface area contributed by atoms with Crippen LogP contribution in [-0.4, -0.2) is 31.6 Å². The number of aryl methyl sites for hydroxylation is 1. The second-order valence-corrected chi connectivity index (χ2v) is 7.41. The number of nitrogens with zero attached hydrogens (tertiary/aromatic N) is 1. The molecule has 0 unspecified atom stereocenters. The molecule has 0 atom stereocenters. The minimum absolute atomic E-state index is 0.0248. The normalized spacial score (nSPS) is 12.9. The van der Waals surface area contributed by atoms with E-state index in [4.69, 9.17) is 9.47 Å². The van der Waals surface area contributed by atoms with Gasteiger partial charge in [0.1, 0.15) is 18.1 Å². The van der Waals surface area contributed by atoms with Crippen molar-refractivity contribution in [3.8, 4) is 11.5 Å². The highest BCUT2D eigenvalue weighted by molar-refractivity contribution is 6.03. The number of amides is 2. The Morgan fingerprint density at radius 3 is 2.75 bits per heavy atom. The molecule has 6 heteroatoms. The number of benzene rings is 3. The first-order valence-corrected chi connectivity index (χ1v) is 10.4. The molecule has 162 valence electrons. The van der Waals surface area contributed by atoms with E-state index >= 15 is 0 Å². The lowest BCUT2D eigenvalue weighted by atomic mass is 10.2. The highest BCUT2D eigenvalue weighted by Crippen LogP contribution is 2.34. The van der Waals surface area contributed by atoms with Crippen LogP contribution in [0.25, 0.3) is 6.08 Å². The number of fused-ring (bicyclic) bond motifs is 1. The van der Waals surface area contributed by atoms with Crippen LogP contribution in [0.15, 0.2) is 78.9 Å². The Labute approximate surface area is 187 Å². The van der Waals surface area contributed by atoms with E-state index in [9.17, 15) is 9.59 Å². The molecule has 1 aliphatic rings. The van der Waals surface area contributed by atoms with Gasteiger partial charge in [-0.15, -0.1) is 0 Å². The molecule has 1 N–H and O–H groups in total. The van der Waals surface area contributed by atoms with Crippen molar-refractivity contribution in [1.82, 2.24) is 0 Å². The van der Waals surface area contributed by atoms with Crippen molar-refractivity contribution >= 4 is 29.3 Å². The van der Waals surface area contributed by atoms with E-state index in [0.29, 0.717) is 30.3 Å². The number of rotatable bonds is 7. The number of carbonyl (C=O) groups excluding carboxylic acids is 2. The SMILES string of the molecule is Cc1cccc(OCCN2C(=O)COc3ccc(NC(=O)/C=C/c4ccccc4)cc32)c1. The molecule has 4 rings (SSSR count). The molecular formula is C26H24N2O4. The highest BCUT2D eigenvalue weighted by atomic mass is 16.5. The van der Waals surface area contributed by atoms with Gasteiger partial charge in [0.25, 0.3) is 5.91 Å². The summed E-state index contributed by atoms with van der Waals surface area (Å²) in [6, 6.07) is 22.6. The number of anilines is 2. The molecule has 0 aromatic heterocycles. The van der Waals surface area contributed by atoms with Crippen LogP contribution in [0.1, 0.15) is 11.1 Å². The van der Waals surface area contributed by atoms with Gasteiger partial charge < -0.3 is 19.7 Å². The topological polar surface area (TPSA) is 67.9 Å². The molecule has 1 aliphatic heterocycles. The van der Waals surface area contributed by atoms with Crippen molar-refractivity contribution in [2.45, 2.75) is 6.92 Å². The Balaban J connectivity index is 1.43. The number of carbonyl (C=O) groups is 2. The molecule has 0 saturated carbocycles. The van der Waals surface area contributed by atoms with E-state index < -0.39 is 0 Å². The molecule has 2 amide bonds. The first kappa shape index (κ1) is 21.2. The average Bonchev–Trinajstić information content (AvgIpc) is 2.80. The maximum atomic E-state index is 12.5. The van der Waals surface area contributed by atoms with Gasteiger partial charge in [-0.05, 0) is 54.5 Å². The predicted octanol–water partition coefficient (Wildman–Crippen LogP) is 4.45. The third kappa shape index (κ3) is 5.35. The van der Waals surface area contributed by atoms with Crippen molar-refractivity contribution in [2.75, 3.05) is 30.0 Å². The molecule has 0 spiro atoms. The molecule has 3 aromatic carbocycles. The lowest BCUT2D eigenvalue weighted by molar-refractivity contribution is -0.121. The summed E-state index contributed by atoms with van der Waals surface area (Å²) < 4.78 is 11.4. The largest absolute Gasteiger partial charge is 0.492 e. The standard InChI is InChI=1S/C26H24N2O4/c1-19-6-5-9-22(16-19)31-15-14-28-23-17-21(11-12-24(23)32-18-26(28)30)27-25(29)13-10-20-7-3-2-4-8-20/h2-13,16-17H,14-15,18H2,1H3,(H,27,29)/b13-10+. The molecule has 32 heavy (non-hydrogen) atoms. The summed E-state index contributed by atoms with van der Waals surface area (Å²) in [4.78, 5) is 26.4. The second kappa shape index (κ2) is 9.83. The zero-order valence-electron chi connectivity index (χ0n) is 17.8. The van der Waals surface area contributed by atoms with Crippen molar-refractivity contribution in [2.24, 2.45) is 0 Å². The van der Waals surface area contributed by atoms with Crippen molar-refractivity contribution in [1.29, 1.82) is 0 Å². The maximum Gasteiger partial charge on any atom is 0.265 e. The fourth-order valence-corrected chi connectivity index (χ4v) is 3.40. The molecule has 0 aliphatic carbocycles. The number of ether oxygens (including phenoxy) is 2. The Bertz CT molecular complexity index is 1140.